The van der Waals surface area contributed by atoms with Gasteiger partial charge in [-0.05, 0) is 42.0 Å². The van der Waals surface area contributed by atoms with Gasteiger partial charge in [0, 0.05) is 24.4 Å². The van der Waals surface area contributed by atoms with Crippen LogP contribution in [0.4, 0.5) is 11.4 Å². The molecule has 29 heavy (non-hydrogen) atoms. The van der Waals surface area contributed by atoms with Crippen molar-refractivity contribution in [1.82, 2.24) is 0 Å². The normalized spacial score (nSPS) is 11.9. The Labute approximate surface area is 171 Å². The van der Waals surface area contributed by atoms with Gasteiger partial charge in [0.2, 0.25) is 12.7 Å². The first-order valence-electron chi connectivity index (χ1n) is 8.52. The van der Waals surface area contributed by atoms with E-state index in [1.165, 1.54) is 19.1 Å². The molecule has 8 nitrogen and oxygen atoms in total. The molecule has 0 aliphatic carbocycles. The van der Waals surface area contributed by atoms with E-state index in [9.17, 15) is 14.4 Å². The molecule has 0 fully saturated rings. The number of halogens is 1. The van der Waals surface area contributed by atoms with Crippen LogP contribution in [-0.2, 0) is 19.1 Å². The van der Waals surface area contributed by atoms with Crippen LogP contribution < -0.4 is 20.1 Å². The molecule has 9 heteroatoms. The van der Waals surface area contributed by atoms with Crippen molar-refractivity contribution in [2.75, 3.05) is 24.0 Å². The third kappa shape index (κ3) is 5.73. The molecule has 150 valence electrons. The topological polar surface area (TPSA) is 103 Å². The fourth-order valence-corrected chi connectivity index (χ4v) is 2.78. The number of ether oxygens (including phenoxy) is 3. The fraction of sp³-hybridized carbons (Fsp3) is 0.150. The lowest BCUT2D eigenvalue weighted by molar-refractivity contribution is -0.142. The average Bonchev–Trinajstić information content (AvgIpc) is 3.14. The van der Waals surface area contributed by atoms with Crippen LogP contribution in [0.3, 0.4) is 0 Å². The molecule has 1 aliphatic heterocycles. The summed E-state index contributed by atoms with van der Waals surface area (Å²) in [6.07, 6.45) is 2.67. The molecular weight excluding hydrogens is 400 g/mol. The van der Waals surface area contributed by atoms with E-state index in [0.29, 0.717) is 33.5 Å². The minimum atomic E-state index is -0.694. The quantitative estimate of drug-likeness (QED) is 0.553. The molecule has 1 aliphatic rings. The Morgan fingerprint density at radius 2 is 1.90 bits per heavy atom. The van der Waals surface area contributed by atoms with E-state index >= 15 is 0 Å². The van der Waals surface area contributed by atoms with E-state index in [4.69, 9.17) is 25.8 Å². The van der Waals surface area contributed by atoms with Gasteiger partial charge in [0.25, 0.3) is 5.91 Å². The van der Waals surface area contributed by atoms with Crippen molar-refractivity contribution < 1.29 is 28.6 Å². The Kier molecular flexibility index (Phi) is 6.36. The molecule has 0 saturated carbocycles. The smallest absolute Gasteiger partial charge is 0.331 e. The SMILES string of the molecule is CC(=O)Nc1cccc(NC(=O)COC(=O)/C=C/c2cc(Cl)c3c(c2)OCO3)c1. The predicted molar refractivity (Wildman–Crippen MR) is 107 cm³/mol. The van der Waals surface area contributed by atoms with Gasteiger partial charge in [-0.15, -0.1) is 0 Å². The highest BCUT2D eigenvalue weighted by Crippen LogP contribution is 2.40. The van der Waals surface area contributed by atoms with Gasteiger partial charge >= 0.3 is 5.97 Å². The van der Waals surface area contributed by atoms with Gasteiger partial charge in [-0.25, -0.2) is 4.79 Å². The number of fused-ring (bicyclic) bond motifs is 1. The summed E-state index contributed by atoms with van der Waals surface area (Å²) in [7, 11) is 0. The average molecular weight is 417 g/mol. The zero-order chi connectivity index (χ0) is 20.8. The molecule has 0 unspecified atom stereocenters. The number of carbonyl (C=O) groups excluding carboxylic acids is 3. The summed E-state index contributed by atoms with van der Waals surface area (Å²) in [4.78, 5) is 34.9. The van der Waals surface area contributed by atoms with Crippen molar-refractivity contribution in [2.45, 2.75) is 6.92 Å². The third-order valence-electron chi connectivity index (χ3n) is 3.67. The molecule has 2 N–H and O–H groups in total. The second-order valence-electron chi connectivity index (χ2n) is 5.99. The number of anilines is 2. The molecule has 3 rings (SSSR count). The maximum atomic E-state index is 11.9. The number of carbonyl (C=O) groups is 3. The first-order valence-corrected chi connectivity index (χ1v) is 8.90. The molecule has 0 aromatic heterocycles. The molecule has 2 aromatic rings. The number of rotatable bonds is 6. The van der Waals surface area contributed by atoms with Crippen LogP contribution in [0.15, 0.2) is 42.5 Å². The summed E-state index contributed by atoms with van der Waals surface area (Å²) in [5, 5.41) is 5.56. The van der Waals surface area contributed by atoms with Crippen molar-refractivity contribution in [3.63, 3.8) is 0 Å². The highest BCUT2D eigenvalue weighted by atomic mass is 35.5. The highest BCUT2D eigenvalue weighted by Gasteiger charge is 2.17. The van der Waals surface area contributed by atoms with Crippen molar-refractivity contribution in [3.05, 3.63) is 53.1 Å². The molecule has 2 aromatic carbocycles. The molecule has 2 amide bonds. The summed E-state index contributed by atoms with van der Waals surface area (Å²) in [5.41, 5.74) is 1.62. The molecule has 0 bridgehead atoms. The molecule has 0 radical (unpaired) electrons. The van der Waals surface area contributed by atoms with Crippen molar-refractivity contribution in [2.24, 2.45) is 0 Å². The largest absolute Gasteiger partial charge is 0.454 e. The number of esters is 1. The maximum absolute atomic E-state index is 11.9. The number of amides is 2. The van der Waals surface area contributed by atoms with Crippen molar-refractivity contribution >= 4 is 46.8 Å². The Morgan fingerprint density at radius 3 is 2.66 bits per heavy atom. The van der Waals surface area contributed by atoms with Crippen LogP contribution in [0.5, 0.6) is 11.5 Å². The van der Waals surface area contributed by atoms with Crippen LogP contribution >= 0.6 is 11.6 Å². The van der Waals surface area contributed by atoms with E-state index in [0.717, 1.165) is 0 Å². The summed E-state index contributed by atoms with van der Waals surface area (Å²) in [6, 6.07) is 9.88. The van der Waals surface area contributed by atoms with Crippen molar-refractivity contribution in [3.8, 4) is 11.5 Å². The van der Waals surface area contributed by atoms with E-state index in [1.807, 2.05) is 0 Å². The third-order valence-corrected chi connectivity index (χ3v) is 3.95. The second-order valence-corrected chi connectivity index (χ2v) is 6.39. The fourth-order valence-electron chi connectivity index (χ4n) is 2.51. The van der Waals surface area contributed by atoms with Gasteiger partial charge in [0.05, 0.1) is 5.02 Å². The Bertz CT molecular complexity index is 989. The number of hydrogen-bond acceptors (Lipinski definition) is 6. The van der Waals surface area contributed by atoms with Gasteiger partial charge in [-0.2, -0.15) is 0 Å². The van der Waals surface area contributed by atoms with E-state index < -0.39 is 18.5 Å². The van der Waals surface area contributed by atoms with E-state index in [2.05, 4.69) is 10.6 Å². The zero-order valence-electron chi connectivity index (χ0n) is 15.4. The minimum absolute atomic E-state index is 0.0904. The highest BCUT2D eigenvalue weighted by molar-refractivity contribution is 6.32. The first-order chi connectivity index (χ1) is 13.9. The lowest BCUT2D eigenvalue weighted by atomic mass is 10.2. The number of nitrogens with one attached hydrogen (secondary N) is 2. The van der Waals surface area contributed by atoms with Crippen LogP contribution in [-0.4, -0.2) is 31.2 Å². The predicted octanol–water partition coefficient (Wildman–Crippen LogP) is 3.22. The Hall–Kier alpha value is -3.52. The van der Waals surface area contributed by atoms with Gasteiger partial charge in [-0.3, -0.25) is 9.59 Å². The van der Waals surface area contributed by atoms with Crippen LogP contribution in [0.25, 0.3) is 6.08 Å². The summed E-state index contributed by atoms with van der Waals surface area (Å²) in [6.45, 7) is 1.01. The molecule has 0 atom stereocenters. The van der Waals surface area contributed by atoms with Gasteiger partial charge in [0.1, 0.15) is 0 Å². The van der Waals surface area contributed by atoms with Crippen LogP contribution in [0.2, 0.25) is 5.02 Å². The summed E-state index contributed by atoms with van der Waals surface area (Å²) >= 11 is 6.08. The second kappa shape index (κ2) is 9.11. The molecule has 0 spiro atoms. The molecular formula is C20H17ClN2O6. The van der Waals surface area contributed by atoms with Crippen LogP contribution in [0.1, 0.15) is 12.5 Å². The van der Waals surface area contributed by atoms with Gasteiger partial charge in [0.15, 0.2) is 18.1 Å². The van der Waals surface area contributed by atoms with E-state index in [1.54, 1.807) is 36.4 Å². The number of hydrogen-bond donors (Lipinski definition) is 2. The molecule has 0 saturated heterocycles. The lowest BCUT2D eigenvalue weighted by Crippen LogP contribution is -2.20. The van der Waals surface area contributed by atoms with Crippen LogP contribution in [0, 0.1) is 0 Å². The Balaban J connectivity index is 1.50. The first kappa shape index (κ1) is 20.2. The standard InChI is InChI=1S/C20H17ClN2O6/c1-12(24)22-14-3-2-4-15(9-14)23-18(25)10-27-19(26)6-5-13-7-16(21)20-17(8-13)28-11-29-20/h2-9H,10-11H2,1H3,(H,22,24)(H,23,25)/b6-5+. The maximum Gasteiger partial charge on any atom is 0.331 e. The monoisotopic (exact) mass is 416 g/mol. The lowest BCUT2D eigenvalue weighted by Gasteiger charge is -2.08. The minimum Gasteiger partial charge on any atom is -0.454 e. The summed E-state index contributed by atoms with van der Waals surface area (Å²) in [5.74, 6) is -0.478. The zero-order valence-corrected chi connectivity index (χ0v) is 16.1. The Morgan fingerprint density at radius 1 is 1.14 bits per heavy atom. The van der Waals surface area contributed by atoms with E-state index in [-0.39, 0.29) is 12.7 Å². The van der Waals surface area contributed by atoms with Gasteiger partial charge in [-0.1, -0.05) is 17.7 Å². The number of benzene rings is 2. The van der Waals surface area contributed by atoms with Gasteiger partial charge < -0.3 is 24.8 Å². The summed E-state index contributed by atoms with van der Waals surface area (Å²) < 4.78 is 15.4. The van der Waals surface area contributed by atoms with Crippen molar-refractivity contribution in [1.29, 1.82) is 0 Å². The molecule has 1 heterocycles.